The molecular formula is C13H28N2O. The first-order valence-corrected chi connectivity index (χ1v) is 6.41. The van der Waals surface area contributed by atoms with Crippen molar-refractivity contribution >= 4 is 5.91 Å². The van der Waals surface area contributed by atoms with Gasteiger partial charge in [-0.25, -0.2) is 0 Å². The summed E-state index contributed by atoms with van der Waals surface area (Å²) in [5.74, 6) is 0.247. The predicted molar refractivity (Wildman–Crippen MR) is 69.5 cm³/mol. The summed E-state index contributed by atoms with van der Waals surface area (Å²) in [6, 6.07) is 0.239. The van der Waals surface area contributed by atoms with Gasteiger partial charge in [-0.15, -0.1) is 0 Å². The van der Waals surface area contributed by atoms with Crippen molar-refractivity contribution in [3.63, 3.8) is 0 Å². The standard InChI is InChI=1S/C13H28N2O/c1-7-13(5,6)14-11(4)10-12(16)15(8-2)9-3/h11,14H,7-10H2,1-6H3. The molecule has 1 atom stereocenters. The van der Waals surface area contributed by atoms with Crippen LogP contribution in [0.2, 0.25) is 0 Å². The fraction of sp³-hybridized carbons (Fsp3) is 0.923. The minimum atomic E-state index is 0.114. The van der Waals surface area contributed by atoms with Crippen LogP contribution in [0.4, 0.5) is 0 Å². The molecule has 3 heteroatoms. The van der Waals surface area contributed by atoms with Gasteiger partial charge in [0.1, 0.15) is 0 Å². The Morgan fingerprint density at radius 2 is 1.75 bits per heavy atom. The molecular weight excluding hydrogens is 200 g/mol. The monoisotopic (exact) mass is 228 g/mol. The zero-order chi connectivity index (χ0) is 12.8. The van der Waals surface area contributed by atoms with E-state index in [1.54, 1.807) is 0 Å². The topological polar surface area (TPSA) is 32.3 Å². The van der Waals surface area contributed by atoms with E-state index in [9.17, 15) is 4.79 Å². The van der Waals surface area contributed by atoms with E-state index in [1.165, 1.54) is 0 Å². The van der Waals surface area contributed by atoms with Crippen molar-refractivity contribution in [3.05, 3.63) is 0 Å². The smallest absolute Gasteiger partial charge is 0.224 e. The summed E-state index contributed by atoms with van der Waals surface area (Å²) in [7, 11) is 0. The van der Waals surface area contributed by atoms with Gasteiger partial charge in [0.05, 0.1) is 0 Å². The highest BCUT2D eigenvalue weighted by atomic mass is 16.2. The molecule has 0 spiro atoms. The molecule has 0 heterocycles. The Hall–Kier alpha value is -0.570. The molecule has 0 aromatic carbocycles. The Bertz CT molecular complexity index is 210. The summed E-state index contributed by atoms with van der Waals surface area (Å²) in [5, 5.41) is 3.49. The van der Waals surface area contributed by atoms with Crippen molar-refractivity contribution in [2.45, 2.75) is 66.0 Å². The lowest BCUT2D eigenvalue weighted by Crippen LogP contribution is -2.46. The maximum Gasteiger partial charge on any atom is 0.224 e. The van der Waals surface area contributed by atoms with Gasteiger partial charge in [0.25, 0.3) is 0 Å². The summed E-state index contributed by atoms with van der Waals surface area (Å²) in [6.07, 6.45) is 1.65. The first kappa shape index (κ1) is 15.4. The van der Waals surface area contributed by atoms with Crippen molar-refractivity contribution in [2.75, 3.05) is 13.1 Å². The molecule has 0 fully saturated rings. The lowest BCUT2D eigenvalue weighted by atomic mass is 10.00. The molecule has 0 saturated heterocycles. The Morgan fingerprint density at radius 3 is 2.12 bits per heavy atom. The van der Waals surface area contributed by atoms with E-state index in [1.807, 2.05) is 18.7 Å². The van der Waals surface area contributed by atoms with Crippen LogP contribution in [-0.2, 0) is 4.79 Å². The molecule has 0 radical (unpaired) electrons. The molecule has 16 heavy (non-hydrogen) atoms. The van der Waals surface area contributed by atoms with Gasteiger partial charge in [0, 0.05) is 31.1 Å². The van der Waals surface area contributed by atoms with Crippen LogP contribution in [0.25, 0.3) is 0 Å². The average molecular weight is 228 g/mol. The van der Waals surface area contributed by atoms with Gasteiger partial charge in [-0.05, 0) is 41.0 Å². The molecule has 3 nitrogen and oxygen atoms in total. The minimum absolute atomic E-state index is 0.114. The fourth-order valence-corrected chi connectivity index (χ4v) is 1.79. The Balaban J connectivity index is 4.14. The number of amides is 1. The molecule has 1 amide bonds. The molecule has 0 bridgehead atoms. The molecule has 0 aliphatic heterocycles. The third-order valence-electron chi connectivity index (χ3n) is 3.12. The van der Waals surface area contributed by atoms with Crippen LogP contribution in [0, 0.1) is 0 Å². The molecule has 0 saturated carbocycles. The summed E-state index contributed by atoms with van der Waals surface area (Å²) < 4.78 is 0. The van der Waals surface area contributed by atoms with E-state index in [0.717, 1.165) is 19.5 Å². The third kappa shape index (κ3) is 5.50. The highest BCUT2D eigenvalue weighted by molar-refractivity contribution is 5.76. The molecule has 1 N–H and O–H groups in total. The van der Waals surface area contributed by atoms with Gasteiger partial charge >= 0.3 is 0 Å². The number of hydrogen-bond donors (Lipinski definition) is 1. The number of nitrogens with one attached hydrogen (secondary N) is 1. The number of nitrogens with zero attached hydrogens (tertiary/aromatic N) is 1. The molecule has 0 aliphatic carbocycles. The molecule has 0 aromatic rings. The predicted octanol–water partition coefficient (Wildman–Crippen LogP) is 2.41. The summed E-state index contributed by atoms with van der Waals surface area (Å²) in [4.78, 5) is 13.8. The van der Waals surface area contributed by atoms with Crippen LogP contribution in [0.5, 0.6) is 0 Å². The minimum Gasteiger partial charge on any atom is -0.343 e. The second kappa shape index (κ2) is 6.89. The molecule has 0 aliphatic rings. The SMILES string of the molecule is CCN(CC)C(=O)CC(C)NC(C)(C)CC. The van der Waals surface area contributed by atoms with Crippen LogP contribution < -0.4 is 5.32 Å². The Kier molecular flexibility index (Phi) is 6.65. The van der Waals surface area contributed by atoms with Gasteiger partial charge < -0.3 is 10.2 Å². The van der Waals surface area contributed by atoms with Crippen LogP contribution in [0.1, 0.15) is 54.4 Å². The second-order valence-electron chi connectivity index (χ2n) is 5.05. The van der Waals surface area contributed by atoms with Crippen LogP contribution in [0.3, 0.4) is 0 Å². The van der Waals surface area contributed by atoms with Crippen molar-refractivity contribution in [2.24, 2.45) is 0 Å². The summed E-state index contributed by atoms with van der Waals surface area (Å²) in [6.45, 7) is 14.2. The number of carbonyl (C=O) groups is 1. The lowest BCUT2D eigenvalue weighted by Gasteiger charge is -2.30. The van der Waals surface area contributed by atoms with Gasteiger partial charge in [0.2, 0.25) is 5.91 Å². The maximum absolute atomic E-state index is 11.9. The molecule has 0 aromatic heterocycles. The van der Waals surface area contributed by atoms with E-state index in [2.05, 4.69) is 33.0 Å². The van der Waals surface area contributed by atoms with Crippen molar-refractivity contribution < 1.29 is 4.79 Å². The van der Waals surface area contributed by atoms with E-state index in [0.29, 0.717) is 6.42 Å². The van der Waals surface area contributed by atoms with Crippen LogP contribution in [0.15, 0.2) is 0 Å². The molecule has 96 valence electrons. The Morgan fingerprint density at radius 1 is 1.25 bits per heavy atom. The molecule has 1 unspecified atom stereocenters. The number of carbonyl (C=O) groups excluding carboxylic acids is 1. The van der Waals surface area contributed by atoms with Gasteiger partial charge in [-0.1, -0.05) is 6.92 Å². The van der Waals surface area contributed by atoms with E-state index >= 15 is 0 Å². The van der Waals surface area contributed by atoms with E-state index in [4.69, 9.17) is 0 Å². The van der Waals surface area contributed by atoms with E-state index < -0.39 is 0 Å². The first-order chi connectivity index (χ1) is 7.36. The normalized spacial score (nSPS) is 13.6. The maximum atomic E-state index is 11.9. The van der Waals surface area contributed by atoms with Crippen molar-refractivity contribution in [1.82, 2.24) is 10.2 Å². The Labute approximate surface area is 101 Å². The van der Waals surface area contributed by atoms with Gasteiger partial charge in [-0.2, -0.15) is 0 Å². The summed E-state index contributed by atoms with van der Waals surface area (Å²) >= 11 is 0. The zero-order valence-corrected chi connectivity index (χ0v) is 11.8. The van der Waals surface area contributed by atoms with Gasteiger partial charge in [0.15, 0.2) is 0 Å². The van der Waals surface area contributed by atoms with E-state index in [-0.39, 0.29) is 17.5 Å². The van der Waals surface area contributed by atoms with Crippen molar-refractivity contribution in [1.29, 1.82) is 0 Å². The first-order valence-electron chi connectivity index (χ1n) is 6.41. The molecule has 0 rings (SSSR count). The quantitative estimate of drug-likeness (QED) is 0.726. The van der Waals surface area contributed by atoms with Crippen molar-refractivity contribution in [3.8, 4) is 0 Å². The lowest BCUT2D eigenvalue weighted by molar-refractivity contribution is -0.131. The fourth-order valence-electron chi connectivity index (χ4n) is 1.79. The largest absolute Gasteiger partial charge is 0.343 e. The number of rotatable bonds is 7. The third-order valence-corrected chi connectivity index (χ3v) is 3.12. The highest BCUT2D eigenvalue weighted by Gasteiger charge is 2.20. The zero-order valence-electron chi connectivity index (χ0n) is 11.8. The van der Waals surface area contributed by atoms with Crippen LogP contribution in [-0.4, -0.2) is 35.5 Å². The highest BCUT2D eigenvalue weighted by Crippen LogP contribution is 2.10. The number of hydrogen-bond acceptors (Lipinski definition) is 2. The summed E-state index contributed by atoms with van der Waals surface area (Å²) in [5.41, 5.74) is 0.114. The second-order valence-corrected chi connectivity index (χ2v) is 5.05. The van der Waals surface area contributed by atoms with Crippen LogP contribution >= 0.6 is 0 Å². The average Bonchev–Trinajstić information content (AvgIpc) is 2.18. The van der Waals surface area contributed by atoms with Gasteiger partial charge in [-0.3, -0.25) is 4.79 Å².